The first-order valence-corrected chi connectivity index (χ1v) is 12.3. The first kappa shape index (κ1) is 24.8. The molecule has 0 atom stereocenters. The van der Waals surface area contributed by atoms with Gasteiger partial charge in [0, 0.05) is 16.5 Å². The van der Waals surface area contributed by atoms with Crippen LogP contribution in [0.1, 0.15) is 59.1 Å². The predicted molar refractivity (Wildman–Crippen MR) is 140 cm³/mol. The number of ether oxygens (including phenoxy) is 1. The van der Waals surface area contributed by atoms with Crippen molar-refractivity contribution >= 4 is 51.5 Å². The Morgan fingerprint density at radius 1 is 0.886 bits per heavy atom. The Morgan fingerprint density at radius 2 is 1.57 bits per heavy atom. The van der Waals surface area contributed by atoms with Crippen LogP contribution in [0, 0.1) is 0 Å². The van der Waals surface area contributed by atoms with Gasteiger partial charge in [-0.3, -0.25) is 9.59 Å². The van der Waals surface area contributed by atoms with Crippen LogP contribution in [-0.4, -0.2) is 18.3 Å². The summed E-state index contributed by atoms with van der Waals surface area (Å²) in [6.45, 7) is 2.64. The largest absolute Gasteiger partial charge is 0.490 e. The van der Waals surface area contributed by atoms with E-state index in [1.165, 1.54) is 12.1 Å². The van der Waals surface area contributed by atoms with Gasteiger partial charge >= 0.3 is 0 Å². The SMILES string of the molecule is CCCCCCOc1c(Cl)cc(C(=O)Nc2c(C(=O)c3ccccc3)oc3ccccc23)cc1Cl. The van der Waals surface area contributed by atoms with Gasteiger partial charge in [-0.2, -0.15) is 0 Å². The standard InChI is InChI=1S/C28H25Cl2NO4/c1-2-3-4-10-15-34-26-21(29)16-19(17-22(26)30)28(33)31-24-20-13-8-9-14-23(20)35-27(24)25(32)18-11-6-5-7-12-18/h5-9,11-14,16-17H,2-4,10,15H2,1H3,(H,31,33). The van der Waals surface area contributed by atoms with Crippen molar-refractivity contribution in [2.24, 2.45) is 0 Å². The lowest BCUT2D eigenvalue weighted by molar-refractivity contribution is 0.101. The number of carbonyl (C=O) groups excluding carboxylic acids is 2. The molecule has 4 aromatic rings. The summed E-state index contributed by atoms with van der Waals surface area (Å²) in [6, 6.07) is 18.9. The number of hydrogen-bond acceptors (Lipinski definition) is 4. The van der Waals surface area contributed by atoms with E-state index in [1.807, 2.05) is 12.1 Å². The highest BCUT2D eigenvalue weighted by atomic mass is 35.5. The minimum absolute atomic E-state index is 0.0509. The maximum absolute atomic E-state index is 13.2. The van der Waals surface area contributed by atoms with Crippen LogP contribution >= 0.6 is 23.2 Å². The molecule has 1 amide bonds. The van der Waals surface area contributed by atoms with Crippen LogP contribution < -0.4 is 10.1 Å². The Morgan fingerprint density at radius 3 is 2.29 bits per heavy atom. The van der Waals surface area contributed by atoms with E-state index in [0.717, 1.165) is 25.7 Å². The van der Waals surface area contributed by atoms with Crippen LogP contribution in [0.5, 0.6) is 5.75 Å². The summed E-state index contributed by atoms with van der Waals surface area (Å²) in [7, 11) is 0. The van der Waals surface area contributed by atoms with Crippen LogP contribution in [0.2, 0.25) is 10.0 Å². The van der Waals surface area contributed by atoms with Crippen molar-refractivity contribution in [1.29, 1.82) is 0 Å². The summed E-state index contributed by atoms with van der Waals surface area (Å²) in [5.41, 5.74) is 1.48. The summed E-state index contributed by atoms with van der Waals surface area (Å²) in [4.78, 5) is 26.4. The lowest BCUT2D eigenvalue weighted by Gasteiger charge is -2.12. The van der Waals surface area contributed by atoms with Gasteiger partial charge in [-0.15, -0.1) is 0 Å². The fourth-order valence-electron chi connectivity index (χ4n) is 3.77. The van der Waals surface area contributed by atoms with E-state index < -0.39 is 5.91 Å². The molecule has 3 aromatic carbocycles. The van der Waals surface area contributed by atoms with Gasteiger partial charge in [0.05, 0.1) is 22.3 Å². The second-order valence-electron chi connectivity index (χ2n) is 8.13. The smallest absolute Gasteiger partial charge is 0.255 e. The quantitative estimate of drug-likeness (QED) is 0.173. The zero-order chi connectivity index (χ0) is 24.8. The molecule has 5 nitrogen and oxygen atoms in total. The molecule has 0 unspecified atom stereocenters. The molecule has 0 fully saturated rings. The number of nitrogens with one attached hydrogen (secondary N) is 1. The molecule has 0 bridgehead atoms. The molecule has 1 aromatic heterocycles. The van der Waals surface area contributed by atoms with E-state index in [1.54, 1.807) is 42.5 Å². The molecule has 0 saturated heterocycles. The van der Waals surface area contributed by atoms with E-state index in [-0.39, 0.29) is 27.2 Å². The van der Waals surface area contributed by atoms with Crippen molar-refractivity contribution < 1.29 is 18.7 Å². The molecule has 0 aliphatic heterocycles. The van der Waals surface area contributed by atoms with E-state index >= 15 is 0 Å². The van der Waals surface area contributed by atoms with Crippen LogP contribution in [0.4, 0.5) is 5.69 Å². The normalized spacial score (nSPS) is 10.9. The number of amides is 1. The number of carbonyl (C=O) groups is 2. The first-order valence-electron chi connectivity index (χ1n) is 11.5. The second kappa shape index (κ2) is 11.4. The number of hydrogen-bond donors (Lipinski definition) is 1. The van der Waals surface area contributed by atoms with Crippen LogP contribution in [0.3, 0.4) is 0 Å². The highest BCUT2D eigenvalue weighted by Crippen LogP contribution is 2.36. The van der Waals surface area contributed by atoms with Crippen LogP contribution in [0.25, 0.3) is 11.0 Å². The van der Waals surface area contributed by atoms with E-state index in [2.05, 4.69) is 12.2 Å². The van der Waals surface area contributed by atoms with Crippen molar-refractivity contribution in [3.63, 3.8) is 0 Å². The fraction of sp³-hybridized carbons (Fsp3) is 0.214. The monoisotopic (exact) mass is 509 g/mol. The number of fused-ring (bicyclic) bond motifs is 1. The Kier molecular flexibility index (Phi) is 8.11. The molecule has 180 valence electrons. The summed E-state index contributed by atoms with van der Waals surface area (Å²) in [5, 5.41) is 3.94. The Bertz CT molecular complexity index is 1320. The molecule has 0 saturated carbocycles. The molecule has 0 aliphatic carbocycles. The maximum Gasteiger partial charge on any atom is 0.255 e. The molecule has 7 heteroatoms. The number of ketones is 1. The van der Waals surface area contributed by atoms with Gasteiger partial charge in [0.2, 0.25) is 5.78 Å². The molecule has 0 radical (unpaired) electrons. The number of furan rings is 1. The average Bonchev–Trinajstić information content (AvgIpc) is 3.23. The average molecular weight is 510 g/mol. The number of para-hydroxylation sites is 1. The van der Waals surface area contributed by atoms with E-state index in [9.17, 15) is 9.59 Å². The van der Waals surface area contributed by atoms with Crippen molar-refractivity contribution in [2.45, 2.75) is 32.6 Å². The topological polar surface area (TPSA) is 68.5 Å². The van der Waals surface area contributed by atoms with Crippen LogP contribution in [0.15, 0.2) is 71.1 Å². The van der Waals surface area contributed by atoms with Crippen molar-refractivity contribution in [1.82, 2.24) is 0 Å². The maximum atomic E-state index is 13.2. The summed E-state index contributed by atoms with van der Waals surface area (Å²) >= 11 is 12.8. The molecular weight excluding hydrogens is 485 g/mol. The molecule has 35 heavy (non-hydrogen) atoms. The summed E-state index contributed by atoms with van der Waals surface area (Å²) < 4.78 is 11.6. The van der Waals surface area contributed by atoms with Gasteiger partial charge in [0.25, 0.3) is 5.91 Å². The molecule has 1 heterocycles. The Labute approximate surface area is 214 Å². The molecule has 0 spiro atoms. The molecule has 0 aliphatic rings. The van der Waals surface area contributed by atoms with Gasteiger partial charge in [-0.1, -0.05) is 91.9 Å². The number of rotatable bonds is 10. The molecule has 4 rings (SSSR count). The lowest BCUT2D eigenvalue weighted by atomic mass is 10.1. The zero-order valence-electron chi connectivity index (χ0n) is 19.3. The third-order valence-corrected chi connectivity index (χ3v) is 6.14. The van der Waals surface area contributed by atoms with Gasteiger partial charge in [0.15, 0.2) is 11.5 Å². The number of halogens is 2. The molecule has 1 N–H and O–H groups in total. The minimum Gasteiger partial charge on any atom is -0.490 e. The van der Waals surface area contributed by atoms with Gasteiger partial charge in [-0.05, 0) is 30.7 Å². The van der Waals surface area contributed by atoms with E-state index in [4.69, 9.17) is 32.4 Å². The van der Waals surface area contributed by atoms with Crippen molar-refractivity contribution in [3.8, 4) is 5.75 Å². The summed E-state index contributed by atoms with van der Waals surface area (Å²) in [6.07, 6.45) is 4.24. The lowest BCUT2D eigenvalue weighted by Crippen LogP contribution is -2.14. The van der Waals surface area contributed by atoms with E-state index in [0.29, 0.717) is 34.6 Å². The zero-order valence-corrected chi connectivity index (χ0v) is 20.8. The second-order valence-corrected chi connectivity index (χ2v) is 8.94. The van der Waals surface area contributed by atoms with Gasteiger partial charge in [0.1, 0.15) is 5.58 Å². The Balaban J connectivity index is 1.60. The third kappa shape index (κ3) is 5.69. The van der Waals surface area contributed by atoms with Crippen LogP contribution in [-0.2, 0) is 0 Å². The predicted octanol–water partition coefficient (Wildman–Crippen LogP) is 8.18. The third-order valence-electron chi connectivity index (χ3n) is 5.58. The number of unbranched alkanes of at least 4 members (excludes halogenated alkanes) is 3. The summed E-state index contributed by atoms with van der Waals surface area (Å²) in [5.74, 6) is -0.401. The van der Waals surface area contributed by atoms with Gasteiger partial charge < -0.3 is 14.5 Å². The number of benzene rings is 3. The Hall–Kier alpha value is -3.28. The number of anilines is 1. The van der Waals surface area contributed by atoms with Gasteiger partial charge in [-0.25, -0.2) is 0 Å². The fourth-order valence-corrected chi connectivity index (χ4v) is 4.36. The van der Waals surface area contributed by atoms with Crippen molar-refractivity contribution in [3.05, 3.63) is 93.7 Å². The van der Waals surface area contributed by atoms with Crippen molar-refractivity contribution in [2.75, 3.05) is 11.9 Å². The first-order chi connectivity index (χ1) is 17.0. The highest BCUT2D eigenvalue weighted by molar-refractivity contribution is 6.38. The minimum atomic E-state index is -0.475. The highest BCUT2D eigenvalue weighted by Gasteiger charge is 2.24. The molecular formula is C28H25Cl2NO4.